The zero-order valence-corrected chi connectivity index (χ0v) is 15.1. The molecule has 6 heteroatoms. The van der Waals surface area contributed by atoms with E-state index < -0.39 is 0 Å². The number of carbonyl (C=O) groups is 1. The van der Waals surface area contributed by atoms with Crippen LogP contribution in [0.5, 0.6) is 5.75 Å². The lowest BCUT2D eigenvalue weighted by molar-refractivity contribution is 0.0287. The van der Waals surface area contributed by atoms with Gasteiger partial charge in [0.2, 0.25) is 0 Å². The first-order valence-electron chi connectivity index (χ1n) is 8.44. The second-order valence-corrected chi connectivity index (χ2v) is 9.21. The van der Waals surface area contributed by atoms with Gasteiger partial charge in [0.05, 0.1) is 17.5 Å². The molecule has 0 radical (unpaired) electrons. The predicted octanol–water partition coefficient (Wildman–Crippen LogP) is 3.27. The van der Waals surface area contributed by atoms with Crippen LogP contribution in [0.2, 0.25) is 0 Å². The number of nitrogens with zero attached hydrogens (tertiary/aromatic N) is 1. The zero-order valence-electron chi connectivity index (χ0n) is 13.5. The number of ether oxygens (including phenoxy) is 2. The van der Waals surface area contributed by atoms with Crippen molar-refractivity contribution in [3.63, 3.8) is 0 Å². The van der Waals surface area contributed by atoms with E-state index in [0.29, 0.717) is 12.7 Å². The van der Waals surface area contributed by atoms with E-state index in [2.05, 4.69) is 0 Å². The third-order valence-electron chi connectivity index (χ3n) is 4.81. The molecule has 1 spiro atoms. The Labute approximate surface area is 145 Å². The number of hydrogen-bond acceptors (Lipinski definition) is 5. The van der Waals surface area contributed by atoms with Gasteiger partial charge in [0.1, 0.15) is 10.6 Å². The summed E-state index contributed by atoms with van der Waals surface area (Å²) >= 11 is 3.48. The molecule has 4 nitrogen and oxygen atoms in total. The molecule has 0 aromatic carbocycles. The molecule has 1 amide bonds. The standard InChI is InChI=1S/C17H23NO3S2/c1-2-20-14-5-6-22-15(14)16(19)18-10-17(11-18)7-13(9-23-17)21-8-12-3-4-12/h5-6,12-13H,2-4,7-11H2,1H3/t13-/m0/s1. The minimum atomic E-state index is 0.122. The Hall–Kier alpha value is -0.720. The fraction of sp³-hybridized carbons (Fsp3) is 0.706. The summed E-state index contributed by atoms with van der Waals surface area (Å²) in [4.78, 5) is 15.3. The first kappa shape index (κ1) is 15.8. The Morgan fingerprint density at radius 1 is 1.43 bits per heavy atom. The molecule has 1 atom stereocenters. The highest BCUT2D eigenvalue weighted by Crippen LogP contribution is 2.47. The SMILES string of the molecule is CCOc1ccsc1C(=O)N1CC2(C[C@H](OCC3CC3)CS2)C1. The van der Waals surface area contributed by atoms with Crippen molar-refractivity contribution in [2.24, 2.45) is 5.92 Å². The van der Waals surface area contributed by atoms with E-state index in [4.69, 9.17) is 9.47 Å². The van der Waals surface area contributed by atoms with Crippen molar-refractivity contribution in [3.05, 3.63) is 16.3 Å². The number of rotatable bonds is 6. The van der Waals surface area contributed by atoms with Crippen LogP contribution in [-0.2, 0) is 4.74 Å². The summed E-state index contributed by atoms with van der Waals surface area (Å²) in [5.74, 6) is 2.76. The Balaban J connectivity index is 1.30. The normalized spacial score (nSPS) is 25.6. The molecular formula is C17H23NO3S2. The predicted molar refractivity (Wildman–Crippen MR) is 93.7 cm³/mol. The molecule has 1 aromatic rings. The van der Waals surface area contributed by atoms with Crippen LogP contribution >= 0.6 is 23.1 Å². The maximum atomic E-state index is 12.6. The van der Waals surface area contributed by atoms with Gasteiger partial charge < -0.3 is 14.4 Å². The lowest BCUT2D eigenvalue weighted by Gasteiger charge is -2.47. The van der Waals surface area contributed by atoms with Crippen molar-refractivity contribution in [2.45, 2.75) is 37.0 Å². The molecule has 0 unspecified atom stereocenters. The lowest BCUT2D eigenvalue weighted by Crippen LogP contribution is -2.60. The molecule has 23 heavy (non-hydrogen) atoms. The fourth-order valence-corrected chi connectivity index (χ4v) is 5.70. The number of likely N-dealkylation sites (tertiary alicyclic amines) is 1. The summed E-state index contributed by atoms with van der Waals surface area (Å²) in [6, 6.07) is 1.89. The first-order chi connectivity index (χ1) is 11.2. The highest BCUT2D eigenvalue weighted by Gasteiger charge is 2.51. The van der Waals surface area contributed by atoms with Crippen molar-refractivity contribution >= 4 is 29.0 Å². The third kappa shape index (κ3) is 3.26. The van der Waals surface area contributed by atoms with Gasteiger partial charge in [0.15, 0.2) is 0 Å². The maximum absolute atomic E-state index is 12.6. The van der Waals surface area contributed by atoms with Gasteiger partial charge in [-0.3, -0.25) is 4.79 Å². The van der Waals surface area contributed by atoms with E-state index in [1.807, 2.05) is 35.0 Å². The second-order valence-electron chi connectivity index (χ2n) is 6.81. The molecule has 1 saturated carbocycles. The minimum Gasteiger partial charge on any atom is -0.492 e. The van der Waals surface area contributed by atoms with Gasteiger partial charge in [-0.25, -0.2) is 0 Å². The molecule has 1 aliphatic carbocycles. The first-order valence-corrected chi connectivity index (χ1v) is 10.3. The lowest BCUT2D eigenvalue weighted by atomic mass is 9.92. The third-order valence-corrected chi connectivity index (χ3v) is 7.27. The van der Waals surface area contributed by atoms with Crippen LogP contribution in [0.25, 0.3) is 0 Å². The quantitative estimate of drug-likeness (QED) is 0.787. The van der Waals surface area contributed by atoms with Crippen molar-refractivity contribution in [2.75, 3.05) is 32.1 Å². The number of thioether (sulfide) groups is 1. The van der Waals surface area contributed by atoms with Gasteiger partial charge in [-0.05, 0) is 43.6 Å². The Bertz CT molecular complexity index is 578. The molecule has 3 aliphatic rings. The van der Waals surface area contributed by atoms with E-state index in [-0.39, 0.29) is 10.7 Å². The molecule has 3 heterocycles. The number of thiophene rings is 1. The number of amides is 1. The summed E-state index contributed by atoms with van der Waals surface area (Å²) in [6.45, 7) is 5.18. The van der Waals surface area contributed by atoms with Crippen LogP contribution in [0.1, 0.15) is 35.9 Å². The summed E-state index contributed by atoms with van der Waals surface area (Å²) < 4.78 is 11.8. The highest BCUT2D eigenvalue weighted by atomic mass is 32.2. The van der Waals surface area contributed by atoms with Crippen molar-refractivity contribution in [1.29, 1.82) is 0 Å². The van der Waals surface area contributed by atoms with Crippen molar-refractivity contribution < 1.29 is 14.3 Å². The number of carbonyl (C=O) groups excluding carboxylic acids is 1. The summed E-state index contributed by atoms with van der Waals surface area (Å²) in [6.07, 6.45) is 4.17. The average molecular weight is 354 g/mol. The topological polar surface area (TPSA) is 38.8 Å². The maximum Gasteiger partial charge on any atom is 0.267 e. The van der Waals surface area contributed by atoms with Gasteiger partial charge in [0.25, 0.3) is 5.91 Å². The van der Waals surface area contributed by atoms with Crippen LogP contribution in [-0.4, -0.2) is 53.7 Å². The van der Waals surface area contributed by atoms with E-state index in [1.54, 1.807) is 0 Å². The van der Waals surface area contributed by atoms with E-state index in [0.717, 1.165) is 48.4 Å². The minimum absolute atomic E-state index is 0.122. The van der Waals surface area contributed by atoms with Crippen LogP contribution in [0.3, 0.4) is 0 Å². The van der Waals surface area contributed by atoms with E-state index >= 15 is 0 Å². The van der Waals surface area contributed by atoms with Crippen LogP contribution in [0, 0.1) is 5.92 Å². The molecule has 0 bridgehead atoms. The van der Waals surface area contributed by atoms with Gasteiger partial charge in [-0.1, -0.05) is 0 Å². The van der Waals surface area contributed by atoms with Gasteiger partial charge in [-0.15, -0.1) is 23.1 Å². The highest BCUT2D eigenvalue weighted by molar-refractivity contribution is 8.01. The van der Waals surface area contributed by atoms with Crippen molar-refractivity contribution in [1.82, 2.24) is 4.90 Å². The van der Waals surface area contributed by atoms with Gasteiger partial charge >= 0.3 is 0 Å². The van der Waals surface area contributed by atoms with Crippen LogP contribution < -0.4 is 4.74 Å². The molecule has 1 aromatic heterocycles. The van der Waals surface area contributed by atoms with Crippen molar-refractivity contribution in [3.8, 4) is 5.75 Å². The zero-order chi connectivity index (χ0) is 15.9. The molecule has 4 rings (SSSR count). The fourth-order valence-electron chi connectivity index (χ4n) is 3.35. The largest absolute Gasteiger partial charge is 0.492 e. The van der Waals surface area contributed by atoms with Crippen LogP contribution in [0.15, 0.2) is 11.4 Å². The smallest absolute Gasteiger partial charge is 0.267 e. The average Bonchev–Trinajstić information content (AvgIpc) is 3.06. The van der Waals surface area contributed by atoms with Crippen LogP contribution in [0.4, 0.5) is 0 Å². The summed E-state index contributed by atoms with van der Waals surface area (Å²) in [7, 11) is 0. The monoisotopic (exact) mass is 353 g/mol. The van der Waals surface area contributed by atoms with E-state index in [9.17, 15) is 4.79 Å². The summed E-state index contributed by atoms with van der Waals surface area (Å²) in [5.41, 5.74) is 0. The molecule has 3 fully saturated rings. The molecule has 2 saturated heterocycles. The summed E-state index contributed by atoms with van der Waals surface area (Å²) in [5, 5.41) is 1.93. The van der Waals surface area contributed by atoms with Gasteiger partial charge in [0, 0.05) is 25.4 Å². The Morgan fingerprint density at radius 3 is 3.00 bits per heavy atom. The molecule has 126 valence electrons. The number of hydrogen-bond donors (Lipinski definition) is 0. The van der Waals surface area contributed by atoms with E-state index in [1.165, 1.54) is 24.2 Å². The van der Waals surface area contributed by atoms with Gasteiger partial charge in [-0.2, -0.15) is 0 Å². The second kappa shape index (κ2) is 6.30. The Morgan fingerprint density at radius 2 is 2.26 bits per heavy atom. The molecule has 0 N–H and O–H groups in total. The molecule has 2 aliphatic heterocycles. The molecular weight excluding hydrogens is 330 g/mol. The Kier molecular flexibility index (Phi) is 4.32.